The lowest BCUT2D eigenvalue weighted by Crippen LogP contribution is -2.40. The Labute approximate surface area is 132 Å². The van der Waals surface area contributed by atoms with Gasteiger partial charge in [0.2, 0.25) is 5.22 Å². The minimum atomic E-state index is -4.17. The van der Waals surface area contributed by atoms with Gasteiger partial charge < -0.3 is 4.74 Å². The SMILES string of the molecule is CON(C)C(=O)NS(=O)(=O)c1ccccc1O/C(Cl)=C/Cl. The van der Waals surface area contributed by atoms with Gasteiger partial charge >= 0.3 is 6.03 Å². The number of carbonyl (C=O) groups excluding carboxylic acids is 1. The molecule has 0 heterocycles. The van der Waals surface area contributed by atoms with Crippen LogP contribution in [0.1, 0.15) is 0 Å². The second kappa shape index (κ2) is 7.51. The van der Waals surface area contributed by atoms with Gasteiger partial charge in [0.15, 0.2) is 0 Å². The fourth-order valence-corrected chi connectivity index (χ4v) is 2.43. The van der Waals surface area contributed by atoms with Gasteiger partial charge in [-0.2, -0.15) is 0 Å². The van der Waals surface area contributed by atoms with Crippen LogP contribution in [-0.2, 0) is 14.9 Å². The van der Waals surface area contributed by atoms with Crippen molar-refractivity contribution >= 4 is 39.3 Å². The molecule has 7 nitrogen and oxygen atoms in total. The Morgan fingerprint density at radius 2 is 2.00 bits per heavy atom. The van der Waals surface area contributed by atoms with Crippen LogP contribution in [0.2, 0.25) is 0 Å². The van der Waals surface area contributed by atoms with Crippen molar-refractivity contribution in [2.45, 2.75) is 4.90 Å². The first-order valence-corrected chi connectivity index (χ1v) is 7.69. The maximum atomic E-state index is 12.2. The molecule has 1 N–H and O–H groups in total. The number of para-hydroxylation sites is 1. The number of hydrogen-bond acceptors (Lipinski definition) is 5. The lowest BCUT2D eigenvalue weighted by atomic mass is 10.3. The number of nitrogens with one attached hydrogen (secondary N) is 1. The van der Waals surface area contributed by atoms with Crippen molar-refractivity contribution in [3.8, 4) is 5.75 Å². The molecule has 0 aromatic heterocycles. The molecule has 0 atom stereocenters. The molecule has 0 saturated carbocycles. The molecule has 0 fully saturated rings. The zero-order chi connectivity index (χ0) is 16.0. The first-order valence-electron chi connectivity index (χ1n) is 5.39. The second-order valence-corrected chi connectivity index (χ2v) is 5.79. The third-order valence-electron chi connectivity index (χ3n) is 2.21. The predicted octanol–water partition coefficient (Wildman–Crippen LogP) is 2.23. The summed E-state index contributed by atoms with van der Waals surface area (Å²) in [6.07, 6.45) is 0. The molecular weight excluding hydrogens is 343 g/mol. The van der Waals surface area contributed by atoms with Gasteiger partial charge in [-0.15, -0.1) is 0 Å². The van der Waals surface area contributed by atoms with Crippen molar-refractivity contribution in [1.29, 1.82) is 0 Å². The van der Waals surface area contributed by atoms with Crippen LogP contribution in [0, 0.1) is 0 Å². The first kappa shape index (κ1) is 17.6. The maximum Gasteiger partial charge on any atom is 0.354 e. The summed E-state index contributed by atoms with van der Waals surface area (Å²) in [7, 11) is -1.71. The number of sulfonamides is 1. The second-order valence-electron chi connectivity index (χ2n) is 3.55. The first-order chi connectivity index (χ1) is 9.81. The fourth-order valence-electron chi connectivity index (χ4n) is 1.20. The molecule has 0 bridgehead atoms. The lowest BCUT2D eigenvalue weighted by Gasteiger charge is -2.16. The van der Waals surface area contributed by atoms with Crippen LogP contribution >= 0.6 is 23.2 Å². The highest BCUT2D eigenvalue weighted by atomic mass is 35.5. The van der Waals surface area contributed by atoms with E-state index in [0.29, 0.717) is 5.06 Å². The van der Waals surface area contributed by atoms with E-state index in [1.54, 1.807) is 0 Å². The summed E-state index contributed by atoms with van der Waals surface area (Å²) in [5.74, 6) is -0.0835. The smallest absolute Gasteiger partial charge is 0.354 e. The van der Waals surface area contributed by atoms with E-state index >= 15 is 0 Å². The monoisotopic (exact) mass is 354 g/mol. The van der Waals surface area contributed by atoms with Gasteiger partial charge in [0.1, 0.15) is 10.6 Å². The molecule has 0 unspecified atom stereocenters. The zero-order valence-corrected chi connectivity index (χ0v) is 13.4. The van der Waals surface area contributed by atoms with Gasteiger partial charge in [0.05, 0.1) is 12.6 Å². The van der Waals surface area contributed by atoms with Crippen LogP contribution in [0.15, 0.2) is 39.9 Å². The van der Waals surface area contributed by atoms with Crippen LogP contribution in [-0.4, -0.2) is 33.7 Å². The number of hydroxylamine groups is 2. The number of benzene rings is 1. The fraction of sp³-hybridized carbons (Fsp3) is 0.182. The van der Waals surface area contributed by atoms with E-state index in [-0.39, 0.29) is 15.9 Å². The average molecular weight is 355 g/mol. The maximum absolute atomic E-state index is 12.2. The standard InChI is InChI=1S/C11H12Cl2N2O5S/c1-15(19-2)11(16)14-21(17,18)9-6-4-3-5-8(9)20-10(13)7-12/h3-7H,1-2H3,(H,14,16)/b10-7+. The molecule has 10 heteroatoms. The number of amides is 2. The summed E-state index contributed by atoms with van der Waals surface area (Å²) in [5, 5.41) is 0.492. The summed E-state index contributed by atoms with van der Waals surface area (Å²) in [6.45, 7) is 0. The predicted molar refractivity (Wildman–Crippen MR) is 77.3 cm³/mol. The van der Waals surface area contributed by atoms with Gasteiger partial charge in [0.25, 0.3) is 10.0 Å². The van der Waals surface area contributed by atoms with E-state index in [1.165, 1.54) is 38.4 Å². The quantitative estimate of drug-likeness (QED) is 0.647. The van der Waals surface area contributed by atoms with E-state index in [2.05, 4.69) is 4.84 Å². The Bertz CT molecular complexity index is 648. The summed E-state index contributed by atoms with van der Waals surface area (Å²) in [6, 6.07) is 4.64. The largest absolute Gasteiger partial charge is 0.443 e. The van der Waals surface area contributed by atoms with Crippen LogP contribution < -0.4 is 9.46 Å². The van der Waals surface area contributed by atoms with Crippen molar-refractivity contribution in [3.63, 3.8) is 0 Å². The molecular formula is C11H12Cl2N2O5S. The van der Waals surface area contributed by atoms with E-state index in [0.717, 1.165) is 5.54 Å². The molecule has 0 spiro atoms. The van der Waals surface area contributed by atoms with E-state index in [4.69, 9.17) is 27.9 Å². The average Bonchev–Trinajstić information content (AvgIpc) is 2.46. The van der Waals surface area contributed by atoms with Crippen LogP contribution in [0.25, 0.3) is 0 Å². The number of urea groups is 1. The Hall–Kier alpha value is -1.48. The topological polar surface area (TPSA) is 84.9 Å². The van der Waals surface area contributed by atoms with Crippen LogP contribution in [0.5, 0.6) is 5.75 Å². The molecule has 0 aliphatic heterocycles. The Morgan fingerprint density at radius 3 is 2.57 bits per heavy atom. The zero-order valence-electron chi connectivity index (χ0n) is 11.0. The number of rotatable bonds is 5. The molecule has 0 radical (unpaired) electrons. The summed E-state index contributed by atoms with van der Waals surface area (Å²) >= 11 is 10.9. The van der Waals surface area contributed by atoms with Gasteiger partial charge in [-0.1, -0.05) is 23.7 Å². The van der Waals surface area contributed by atoms with Crippen LogP contribution in [0.4, 0.5) is 4.79 Å². The van der Waals surface area contributed by atoms with Gasteiger partial charge in [0, 0.05) is 7.05 Å². The number of carbonyl (C=O) groups is 1. The Morgan fingerprint density at radius 1 is 1.38 bits per heavy atom. The molecule has 0 aliphatic carbocycles. The third-order valence-corrected chi connectivity index (χ3v) is 4.07. The Balaban J connectivity index is 3.12. The molecule has 1 aromatic carbocycles. The van der Waals surface area contributed by atoms with E-state index < -0.39 is 16.1 Å². The summed E-state index contributed by atoms with van der Waals surface area (Å²) in [4.78, 5) is 15.9. The highest BCUT2D eigenvalue weighted by molar-refractivity contribution is 7.90. The molecule has 21 heavy (non-hydrogen) atoms. The lowest BCUT2D eigenvalue weighted by molar-refractivity contribution is -0.0629. The summed E-state index contributed by atoms with van der Waals surface area (Å²) in [5.41, 5.74) is 0.933. The highest BCUT2D eigenvalue weighted by Gasteiger charge is 2.24. The molecule has 1 rings (SSSR count). The van der Waals surface area contributed by atoms with Crippen LogP contribution in [0.3, 0.4) is 0 Å². The number of halogens is 2. The third kappa shape index (κ3) is 4.78. The van der Waals surface area contributed by atoms with Crippen molar-refractivity contribution in [2.24, 2.45) is 0 Å². The van der Waals surface area contributed by atoms with Crippen molar-refractivity contribution < 1.29 is 22.8 Å². The molecule has 1 aromatic rings. The van der Waals surface area contributed by atoms with Gasteiger partial charge in [-0.25, -0.2) is 23.0 Å². The van der Waals surface area contributed by atoms with Crippen molar-refractivity contribution in [2.75, 3.05) is 14.2 Å². The number of nitrogens with zero attached hydrogens (tertiary/aromatic N) is 1. The molecule has 116 valence electrons. The number of ether oxygens (including phenoxy) is 1. The van der Waals surface area contributed by atoms with Crippen molar-refractivity contribution in [1.82, 2.24) is 9.79 Å². The minimum Gasteiger partial charge on any atom is -0.443 e. The Kier molecular flexibility index (Phi) is 6.28. The molecule has 0 aliphatic rings. The van der Waals surface area contributed by atoms with E-state index in [1.807, 2.05) is 4.72 Å². The minimum absolute atomic E-state index is 0.0835. The molecule has 2 amide bonds. The molecule has 0 saturated heterocycles. The van der Waals surface area contributed by atoms with Crippen molar-refractivity contribution in [3.05, 3.63) is 35.0 Å². The van der Waals surface area contributed by atoms with E-state index in [9.17, 15) is 13.2 Å². The number of hydrogen-bond donors (Lipinski definition) is 1. The van der Waals surface area contributed by atoms with Gasteiger partial charge in [-0.3, -0.25) is 4.84 Å². The van der Waals surface area contributed by atoms with Gasteiger partial charge in [-0.05, 0) is 23.7 Å². The summed E-state index contributed by atoms with van der Waals surface area (Å²) < 4.78 is 31.2. The normalized spacial score (nSPS) is 11.9. The highest BCUT2D eigenvalue weighted by Crippen LogP contribution is 2.26.